The molecule has 1 atom stereocenters. The number of hydrogen-bond donors (Lipinski definition) is 1. The van der Waals surface area contributed by atoms with Crippen LogP contribution in [0.4, 0.5) is 4.39 Å². The van der Waals surface area contributed by atoms with E-state index >= 15 is 0 Å². The molecule has 0 amide bonds. The zero-order valence-corrected chi connectivity index (χ0v) is 9.10. The first-order valence-corrected chi connectivity index (χ1v) is 5.35. The highest BCUT2D eigenvalue weighted by atomic mass is 19.1. The van der Waals surface area contributed by atoms with Crippen LogP contribution >= 0.6 is 0 Å². The molecule has 0 bridgehead atoms. The van der Waals surface area contributed by atoms with E-state index in [9.17, 15) is 9.18 Å². The Morgan fingerprint density at radius 1 is 1.59 bits per heavy atom. The number of benzene rings is 1. The van der Waals surface area contributed by atoms with Crippen molar-refractivity contribution in [2.45, 2.75) is 25.4 Å². The lowest BCUT2D eigenvalue weighted by Gasteiger charge is -2.05. The molecule has 0 aliphatic carbocycles. The SMILES string of the molecule is O=C(O)CCC1CC(c2cccc(F)c2)=NO1. The van der Waals surface area contributed by atoms with Crippen LogP contribution in [-0.2, 0) is 9.63 Å². The lowest BCUT2D eigenvalue weighted by atomic mass is 10.0. The number of carboxylic acid groups (broad SMARTS) is 1. The van der Waals surface area contributed by atoms with Crippen LogP contribution in [0.2, 0.25) is 0 Å². The Balaban J connectivity index is 1.95. The molecule has 1 aliphatic heterocycles. The van der Waals surface area contributed by atoms with Crippen LogP contribution in [0.5, 0.6) is 0 Å². The van der Waals surface area contributed by atoms with Crippen molar-refractivity contribution in [3.05, 3.63) is 35.6 Å². The standard InChI is InChI=1S/C12H12FNO3/c13-9-3-1-2-8(6-9)11-7-10(17-14-11)4-5-12(15)16/h1-3,6,10H,4-5,7H2,(H,15,16). The van der Waals surface area contributed by atoms with E-state index < -0.39 is 5.97 Å². The van der Waals surface area contributed by atoms with Crippen LogP contribution < -0.4 is 0 Å². The smallest absolute Gasteiger partial charge is 0.303 e. The Labute approximate surface area is 97.7 Å². The van der Waals surface area contributed by atoms with Gasteiger partial charge in [-0.05, 0) is 18.6 Å². The maximum absolute atomic E-state index is 13.0. The van der Waals surface area contributed by atoms with Gasteiger partial charge in [0.25, 0.3) is 0 Å². The number of oxime groups is 1. The molecule has 0 fully saturated rings. The van der Waals surface area contributed by atoms with Gasteiger partial charge in [-0.25, -0.2) is 4.39 Å². The summed E-state index contributed by atoms with van der Waals surface area (Å²) in [6, 6.07) is 6.12. The lowest BCUT2D eigenvalue weighted by Crippen LogP contribution is -2.10. The Hall–Kier alpha value is -1.91. The summed E-state index contributed by atoms with van der Waals surface area (Å²) >= 11 is 0. The van der Waals surface area contributed by atoms with Gasteiger partial charge in [-0.1, -0.05) is 17.3 Å². The summed E-state index contributed by atoms with van der Waals surface area (Å²) < 4.78 is 13.0. The summed E-state index contributed by atoms with van der Waals surface area (Å²) in [4.78, 5) is 15.5. The molecular formula is C12H12FNO3. The van der Waals surface area contributed by atoms with Crippen molar-refractivity contribution in [3.8, 4) is 0 Å². The second-order valence-corrected chi connectivity index (χ2v) is 3.91. The van der Waals surface area contributed by atoms with Gasteiger partial charge in [-0.2, -0.15) is 0 Å². The van der Waals surface area contributed by atoms with Gasteiger partial charge >= 0.3 is 5.97 Å². The molecule has 1 heterocycles. The minimum Gasteiger partial charge on any atom is -0.481 e. The average Bonchev–Trinajstić information content (AvgIpc) is 2.75. The Morgan fingerprint density at radius 2 is 2.41 bits per heavy atom. The first-order chi connectivity index (χ1) is 8.15. The molecule has 0 saturated carbocycles. The van der Waals surface area contributed by atoms with Crippen molar-refractivity contribution in [2.24, 2.45) is 5.16 Å². The Morgan fingerprint density at radius 3 is 3.12 bits per heavy atom. The van der Waals surface area contributed by atoms with E-state index in [0.29, 0.717) is 24.1 Å². The van der Waals surface area contributed by atoms with Crippen LogP contribution in [-0.4, -0.2) is 22.9 Å². The average molecular weight is 237 g/mol. The molecule has 0 spiro atoms. The molecule has 0 saturated heterocycles. The quantitative estimate of drug-likeness (QED) is 0.873. The van der Waals surface area contributed by atoms with Gasteiger partial charge in [0.1, 0.15) is 11.9 Å². The topological polar surface area (TPSA) is 58.9 Å². The molecule has 4 nitrogen and oxygen atoms in total. The summed E-state index contributed by atoms with van der Waals surface area (Å²) in [5.74, 6) is -1.17. The normalized spacial score (nSPS) is 18.6. The highest BCUT2D eigenvalue weighted by molar-refractivity contribution is 6.01. The minimum absolute atomic E-state index is 0.0522. The second kappa shape index (κ2) is 4.95. The summed E-state index contributed by atoms with van der Waals surface area (Å²) in [6.45, 7) is 0. The molecule has 17 heavy (non-hydrogen) atoms. The van der Waals surface area contributed by atoms with Crippen molar-refractivity contribution < 1.29 is 19.1 Å². The number of rotatable bonds is 4. The van der Waals surface area contributed by atoms with Gasteiger partial charge < -0.3 is 9.94 Å². The lowest BCUT2D eigenvalue weighted by molar-refractivity contribution is -0.137. The first kappa shape index (κ1) is 11.6. The van der Waals surface area contributed by atoms with Gasteiger partial charge in [0.05, 0.1) is 5.71 Å². The number of hydrogen-bond acceptors (Lipinski definition) is 3. The van der Waals surface area contributed by atoms with E-state index in [1.54, 1.807) is 12.1 Å². The number of carboxylic acids is 1. The molecule has 5 heteroatoms. The highest BCUT2D eigenvalue weighted by Crippen LogP contribution is 2.20. The van der Waals surface area contributed by atoms with Crippen LogP contribution in [0.15, 0.2) is 29.4 Å². The maximum atomic E-state index is 13.0. The van der Waals surface area contributed by atoms with E-state index in [1.807, 2.05) is 0 Å². The monoisotopic (exact) mass is 237 g/mol. The van der Waals surface area contributed by atoms with Crippen LogP contribution in [0.3, 0.4) is 0 Å². The van der Waals surface area contributed by atoms with Gasteiger partial charge in [-0.3, -0.25) is 4.79 Å². The molecule has 1 aliphatic rings. The van der Waals surface area contributed by atoms with E-state index in [2.05, 4.69) is 5.16 Å². The molecular weight excluding hydrogens is 225 g/mol. The fourth-order valence-corrected chi connectivity index (χ4v) is 1.71. The van der Waals surface area contributed by atoms with Crippen LogP contribution in [0.1, 0.15) is 24.8 Å². The van der Waals surface area contributed by atoms with Gasteiger partial charge in [0.15, 0.2) is 0 Å². The van der Waals surface area contributed by atoms with Crippen LogP contribution in [0, 0.1) is 5.82 Å². The third kappa shape index (κ3) is 3.03. The number of carbonyl (C=O) groups is 1. The number of nitrogens with zero attached hydrogens (tertiary/aromatic N) is 1. The first-order valence-electron chi connectivity index (χ1n) is 5.35. The van der Waals surface area contributed by atoms with E-state index in [-0.39, 0.29) is 18.3 Å². The molecule has 1 aromatic rings. The molecule has 1 aromatic carbocycles. The van der Waals surface area contributed by atoms with Gasteiger partial charge in [0, 0.05) is 18.4 Å². The van der Waals surface area contributed by atoms with Gasteiger partial charge in [0.2, 0.25) is 0 Å². The third-order valence-corrected chi connectivity index (χ3v) is 2.57. The molecule has 0 radical (unpaired) electrons. The van der Waals surface area contributed by atoms with Crippen molar-refractivity contribution in [2.75, 3.05) is 0 Å². The fraction of sp³-hybridized carbons (Fsp3) is 0.333. The largest absolute Gasteiger partial charge is 0.481 e. The minimum atomic E-state index is -0.854. The van der Waals surface area contributed by atoms with E-state index in [0.717, 1.165) is 0 Å². The van der Waals surface area contributed by atoms with Crippen molar-refractivity contribution in [1.29, 1.82) is 0 Å². The molecule has 90 valence electrons. The summed E-state index contributed by atoms with van der Waals surface area (Å²) in [6.07, 6.45) is 0.773. The van der Waals surface area contributed by atoms with Crippen molar-refractivity contribution in [3.63, 3.8) is 0 Å². The summed E-state index contributed by atoms with van der Waals surface area (Å²) in [5, 5.41) is 12.4. The predicted molar refractivity (Wildman–Crippen MR) is 59.3 cm³/mol. The zero-order valence-electron chi connectivity index (χ0n) is 9.10. The highest BCUT2D eigenvalue weighted by Gasteiger charge is 2.22. The third-order valence-electron chi connectivity index (χ3n) is 2.57. The second-order valence-electron chi connectivity index (χ2n) is 3.91. The number of halogens is 1. The predicted octanol–water partition coefficient (Wildman–Crippen LogP) is 2.18. The summed E-state index contributed by atoms with van der Waals surface area (Å²) in [7, 11) is 0. The molecule has 1 unspecified atom stereocenters. The molecule has 1 N–H and O–H groups in total. The Bertz CT molecular complexity index is 459. The van der Waals surface area contributed by atoms with Gasteiger partial charge in [-0.15, -0.1) is 0 Å². The number of aliphatic carboxylic acids is 1. The zero-order chi connectivity index (χ0) is 12.3. The van der Waals surface area contributed by atoms with Crippen molar-refractivity contribution >= 4 is 11.7 Å². The molecule has 0 aromatic heterocycles. The van der Waals surface area contributed by atoms with Crippen molar-refractivity contribution in [1.82, 2.24) is 0 Å². The summed E-state index contributed by atoms with van der Waals surface area (Å²) in [5.41, 5.74) is 1.35. The Kier molecular flexibility index (Phi) is 3.37. The maximum Gasteiger partial charge on any atom is 0.303 e. The van der Waals surface area contributed by atoms with E-state index in [1.165, 1.54) is 12.1 Å². The fourth-order valence-electron chi connectivity index (χ4n) is 1.71. The molecule has 2 rings (SSSR count). The van der Waals surface area contributed by atoms with E-state index in [4.69, 9.17) is 9.94 Å². The van der Waals surface area contributed by atoms with Crippen LogP contribution in [0.25, 0.3) is 0 Å².